The van der Waals surface area contributed by atoms with Crippen molar-refractivity contribution in [2.45, 2.75) is 5.22 Å². The van der Waals surface area contributed by atoms with Crippen LogP contribution in [0.2, 0.25) is 10.0 Å². The van der Waals surface area contributed by atoms with Crippen molar-refractivity contribution >= 4 is 57.7 Å². The van der Waals surface area contributed by atoms with Crippen LogP contribution >= 0.6 is 35.0 Å². The Hall–Kier alpha value is -1.69. The molecule has 1 aromatic heterocycles. The van der Waals surface area contributed by atoms with Crippen molar-refractivity contribution in [3.8, 4) is 0 Å². The van der Waals surface area contributed by atoms with Crippen molar-refractivity contribution in [1.29, 1.82) is 0 Å². The Morgan fingerprint density at radius 1 is 1.14 bits per heavy atom. The van der Waals surface area contributed by atoms with Crippen LogP contribution in [0.4, 0.5) is 5.69 Å². The molecule has 1 N–H and O–H groups in total. The third kappa shape index (κ3) is 3.38. The van der Waals surface area contributed by atoms with E-state index in [2.05, 4.69) is 10.3 Å². The molecule has 0 aliphatic carbocycles. The molecule has 0 saturated heterocycles. The number of nitrogens with one attached hydrogen (secondary N) is 1. The summed E-state index contributed by atoms with van der Waals surface area (Å²) in [5.74, 6) is -0.0868. The van der Waals surface area contributed by atoms with E-state index in [9.17, 15) is 4.79 Å². The van der Waals surface area contributed by atoms with Gasteiger partial charge in [-0.2, -0.15) is 0 Å². The lowest BCUT2D eigenvalue weighted by atomic mass is 10.3. The van der Waals surface area contributed by atoms with Crippen molar-refractivity contribution in [3.63, 3.8) is 0 Å². The minimum absolute atomic E-state index is 0.147. The fourth-order valence-electron chi connectivity index (χ4n) is 1.83. The van der Waals surface area contributed by atoms with Crippen molar-refractivity contribution in [3.05, 3.63) is 52.5 Å². The molecule has 0 bridgehead atoms. The summed E-state index contributed by atoms with van der Waals surface area (Å²) in [6, 6.07) is 12.5. The molecule has 4 nitrogen and oxygen atoms in total. The van der Waals surface area contributed by atoms with Gasteiger partial charge in [0.25, 0.3) is 5.22 Å². The number of benzene rings is 2. The van der Waals surface area contributed by atoms with Gasteiger partial charge in [0.2, 0.25) is 5.91 Å². The first-order valence-corrected chi connectivity index (χ1v) is 8.10. The third-order valence-electron chi connectivity index (χ3n) is 2.83. The predicted molar refractivity (Wildman–Crippen MR) is 89.8 cm³/mol. The highest BCUT2D eigenvalue weighted by atomic mass is 35.5. The molecule has 0 saturated carbocycles. The summed E-state index contributed by atoms with van der Waals surface area (Å²) in [5.41, 5.74) is 1.87. The number of nitrogens with zero attached hydrogens (tertiary/aromatic N) is 1. The zero-order valence-electron chi connectivity index (χ0n) is 11.2. The number of oxazole rings is 1. The molecule has 1 heterocycles. The number of hydrogen-bond donors (Lipinski definition) is 1. The zero-order chi connectivity index (χ0) is 15.5. The molecule has 0 atom stereocenters. The largest absolute Gasteiger partial charge is 0.431 e. The van der Waals surface area contributed by atoms with Crippen LogP contribution in [0.25, 0.3) is 11.1 Å². The van der Waals surface area contributed by atoms with E-state index < -0.39 is 0 Å². The van der Waals surface area contributed by atoms with Crippen molar-refractivity contribution < 1.29 is 9.21 Å². The van der Waals surface area contributed by atoms with Crippen LogP contribution in [0.5, 0.6) is 0 Å². The van der Waals surface area contributed by atoms with E-state index in [4.69, 9.17) is 27.6 Å². The number of carbonyl (C=O) groups is 1. The van der Waals surface area contributed by atoms with E-state index in [1.165, 1.54) is 11.8 Å². The van der Waals surface area contributed by atoms with Gasteiger partial charge in [-0.15, -0.1) is 0 Å². The number of amides is 1. The maximum absolute atomic E-state index is 12.0. The highest BCUT2D eigenvalue weighted by Gasteiger charge is 2.12. The summed E-state index contributed by atoms with van der Waals surface area (Å²) in [6.45, 7) is 0. The molecule has 2 aromatic carbocycles. The van der Waals surface area contributed by atoms with E-state index in [1.807, 2.05) is 24.3 Å². The summed E-state index contributed by atoms with van der Waals surface area (Å²) >= 11 is 13.2. The highest BCUT2D eigenvalue weighted by Crippen LogP contribution is 2.30. The number of anilines is 1. The summed E-state index contributed by atoms with van der Waals surface area (Å²) in [6.07, 6.45) is 0. The summed E-state index contributed by atoms with van der Waals surface area (Å²) < 4.78 is 5.54. The second kappa shape index (κ2) is 6.60. The van der Waals surface area contributed by atoms with Gasteiger partial charge in [-0.05, 0) is 24.3 Å². The minimum Gasteiger partial charge on any atom is -0.431 e. The van der Waals surface area contributed by atoms with Gasteiger partial charge in [0.05, 0.1) is 21.5 Å². The molecule has 0 aliphatic heterocycles. The Balaban J connectivity index is 1.65. The smallest absolute Gasteiger partial charge is 0.257 e. The molecule has 3 rings (SSSR count). The highest BCUT2D eigenvalue weighted by molar-refractivity contribution is 7.99. The number of para-hydroxylation sites is 3. The van der Waals surface area contributed by atoms with E-state index in [0.29, 0.717) is 26.5 Å². The molecule has 0 radical (unpaired) electrons. The molecule has 0 aliphatic rings. The molecule has 0 unspecified atom stereocenters. The molecule has 1 amide bonds. The lowest BCUT2D eigenvalue weighted by Gasteiger charge is -2.08. The van der Waals surface area contributed by atoms with E-state index in [-0.39, 0.29) is 11.7 Å². The monoisotopic (exact) mass is 352 g/mol. The molecular formula is C15H10Cl2N2O2S. The van der Waals surface area contributed by atoms with Crippen molar-refractivity contribution in [2.24, 2.45) is 0 Å². The number of thioether (sulfide) groups is 1. The first kappa shape index (κ1) is 15.2. The number of halogens is 2. The minimum atomic E-state index is -0.234. The lowest BCUT2D eigenvalue weighted by molar-refractivity contribution is -0.113. The van der Waals surface area contributed by atoms with Crippen molar-refractivity contribution in [1.82, 2.24) is 4.98 Å². The van der Waals surface area contributed by atoms with Gasteiger partial charge in [-0.1, -0.05) is 53.2 Å². The fraction of sp³-hybridized carbons (Fsp3) is 0.0667. The van der Waals surface area contributed by atoms with Crippen LogP contribution in [-0.4, -0.2) is 16.6 Å². The molecule has 7 heteroatoms. The SMILES string of the molecule is O=C(CSc1nc2ccccc2o1)Nc1c(Cl)cccc1Cl. The van der Waals surface area contributed by atoms with Gasteiger partial charge in [-0.25, -0.2) is 4.98 Å². The molecule has 112 valence electrons. The molecular weight excluding hydrogens is 343 g/mol. The fourth-order valence-corrected chi connectivity index (χ4v) is 2.96. The van der Waals surface area contributed by atoms with Crippen LogP contribution in [0.1, 0.15) is 0 Å². The summed E-state index contributed by atoms with van der Waals surface area (Å²) in [7, 11) is 0. The predicted octanol–water partition coefficient (Wildman–Crippen LogP) is 4.87. The third-order valence-corrected chi connectivity index (χ3v) is 4.29. The van der Waals surface area contributed by atoms with Gasteiger partial charge >= 0.3 is 0 Å². The quantitative estimate of drug-likeness (QED) is 0.680. The average Bonchev–Trinajstić information content (AvgIpc) is 2.92. The topological polar surface area (TPSA) is 55.1 Å². The Bertz CT molecular complexity index is 782. The van der Waals surface area contributed by atoms with Gasteiger partial charge in [0.1, 0.15) is 5.52 Å². The molecule has 22 heavy (non-hydrogen) atoms. The second-order valence-electron chi connectivity index (χ2n) is 4.38. The van der Waals surface area contributed by atoms with Crippen LogP contribution < -0.4 is 5.32 Å². The van der Waals surface area contributed by atoms with Crippen LogP contribution in [0.15, 0.2) is 52.1 Å². The maximum atomic E-state index is 12.0. The molecule has 3 aromatic rings. The Morgan fingerprint density at radius 3 is 2.59 bits per heavy atom. The first-order chi connectivity index (χ1) is 10.6. The normalized spacial score (nSPS) is 10.8. The molecule has 0 fully saturated rings. The van der Waals surface area contributed by atoms with Crippen LogP contribution in [-0.2, 0) is 4.79 Å². The number of carbonyl (C=O) groups excluding carboxylic acids is 1. The Kier molecular flexibility index (Phi) is 4.57. The summed E-state index contributed by atoms with van der Waals surface area (Å²) in [5, 5.41) is 3.93. The van der Waals surface area contributed by atoms with Gasteiger partial charge < -0.3 is 9.73 Å². The number of aromatic nitrogens is 1. The van der Waals surface area contributed by atoms with Crippen LogP contribution in [0, 0.1) is 0 Å². The number of rotatable bonds is 4. The molecule has 0 spiro atoms. The maximum Gasteiger partial charge on any atom is 0.257 e. The zero-order valence-corrected chi connectivity index (χ0v) is 13.5. The Labute approximate surface area is 140 Å². The first-order valence-electron chi connectivity index (χ1n) is 6.36. The van der Waals surface area contributed by atoms with E-state index in [1.54, 1.807) is 18.2 Å². The summed E-state index contributed by atoms with van der Waals surface area (Å²) in [4.78, 5) is 16.3. The standard InChI is InChI=1S/C15H10Cl2N2O2S/c16-9-4-3-5-10(17)14(9)19-13(20)8-22-15-18-11-6-1-2-7-12(11)21-15/h1-7H,8H2,(H,19,20). The van der Waals surface area contributed by atoms with Gasteiger partial charge in [0, 0.05) is 0 Å². The van der Waals surface area contributed by atoms with Crippen molar-refractivity contribution in [2.75, 3.05) is 11.1 Å². The van der Waals surface area contributed by atoms with Gasteiger partial charge in [0.15, 0.2) is 5.58 Å². The number of fused-ring (bicyclic) bond motifs is 1. The average molecular weight is 353 g/mol. The number of hydrogen-bond acceptors (Lipinski definition) is 4. The van der Waals surface area contributed by atoms with Crippen LogP contribution in [0.3, 0.4) is 0 Å². The van der Waals surface area contributed by atoms with E-state index in [0.717, 1.165) is 5.52 Å². The second-order valence-corrected chi connectivity index (χ2v) is 6.12. The Morgan fingerprint density at radius 2 is 1.86 bits per heavy atom. The van der Waals surface area contributed by atoms with Gasteiger partial charge in [-0.3, -0.25) is 4.79 Å². The lowest BCUT2D eigenvalue weighted by Crippen LogP contribution is -2.14. The van der Waals surface area contributed by atoms with E-state index >= 15 is 0 Å².